The van der Waals surface area contributed by atoms with Gasteiger partial charge >= 0.3 is 7.12 Å². The Morgan fingerprint density at radius 2 is 1.42 bits per heavy atom. The fraction of sp³-hybridized carbons (Fsp3) is 0.429. The van der Waals surface area contributed by atoms with Crippen LogP contribution in [0.4, 0.5) is 0 Å². The molecule has 0 atom stereocenters. The molecule has 2 aliphatic carbocycles. The van der Waals surface area contributed by atoms with E-state index in [0.717, 1.165) is 0 Å². The lowest BCUT2D eigenvalue weighted by Gasteiger charge is -2.32. The summed E-state index contributed by atoms with van der Waals surface area (Å²) in [5.41, 5.74) is 6.52. The van der Waals surface area contributed by atoms with Gasteiger partial charge in [0, 0.05) is 5.41 Å². The molecule has 1 aliphatic heterocycles. The van der Waals surface area contributed by atoms with Crippen molar-refractivity contribution < 1.29 is 9.31 Å². The van der Waals surface area contributed by atoms with Crippen LogP contribution in [0, 0.1) is 0 Å². The second-order valence-corrected chi connectivity index (χ2v) is 8.49. The molecule has 3 heteroatoms. The zero-order valence-electron chi connectivity index (χ0n) is 14.8. The largest absolute Gasteiger partial charge is 0.495 e. The van der Waals surface area contributed by atoms with Gasteiger partial charge in [-0.3, -0.25) is 0 Å². The fourth-order valence-corrected chi connectivity index (χ4v) is 4.41. The van der Waals surface area contributed by atoms with Crippen molar-refractivity contribution in [1.82, 2.24) is 0 Å². The van der Waals surface area contributed by atoms with Gasteiger partial charge in [-0.1, -0.05) is 42.5 Å². The highest BCUT2D eigenvalue weighted by molar-refractivity contribution is 6.63. The Morgan fingerprint density at radius 1 is 0.792 bits per heavy atom. The average molecular weight is 318 g/mol. The number of hydrogen-bond acceptors (Lipinski definition) is 2. The van der Waals surface area contributed by atoms with Crippen LogP contribution in [0.25, 0.3) is 11.1 Å². The van der Waals surface area contributed by atoms with Gasteiger partial charge in [0.15, 0.2) is 0 Å². The van der Waals surface area contributed by atoms with Gasteiger partial charge in [0.1, 0.15) is 0 Å². The normalized spacial score (nSPS) is 24.1. The first-order valence-electron chi connectivity index (χ1n) is 8.95. The van der Waals surface area contributed by atoms with E-state index in [4.69, 9.17) is 9.31 Å². The van der Waals surface area contributed by atoms with Gasteiger partial charge in [-0.15, -0.1) is 0 Å². The van der Waals surface area contributed by atoms with E-state index in [9.17, 15) is 0 Å². The summed E-state index contributed by atoms with van der Waals surface area (Å²) in [4.78, 5) is 0. The third-order valence-corrected chi connectivity index (χ3v) is 6.57. The third kappa shape index (κ3) is 1.70. The Balaban J connectivity index is 1.68. The molecular weight excluding hydrogens is 295 g/mol. The van der Waals surface area contributed by atoms with Crippen LogP contribution >= 0.6 is 0 Å². The molecule has 0 unspecified atom stereocenters. The van der Waals surface area contributed by atoms with E-state index in [1.54, 1.807) is 0 Å². The van der Waals surface area contributed by atoms with Crippen molar-refractivity contribution in [3.8, 4) is 11.1 Å². The highest BCUT2D eigenvalue weighted by Crippen LogP contribution is 2.62. The van der Waals surface area contributed by atoms with E-state index in [0.29, 0.717) is 0 Å². The van der Waals surface area contributed by atoms with Gasteiger partial charge in [0.05, 0.1) is 11.2 Å². The maximum absolute atomic E-state index is 6.37. The molecule has 0 N–H and O–H groups in total. The number of fused-ring (bicyclic) bond motifs is 5. The van der Waals surface area contributed by atoms with Crippen molar-refractivity contribution in [3.63, 3.8) is 0 Å². The van der Waals surface area contributed by atoms with Gasteiger partial charge in [0.2, 0.25) is 0 Å². The monoisotopic (exact) mass is 318 g/mol. The lowest BCUT2D eigenvalue weighted by atomic mass is 9.72. The lowest BCUT2D eigenvalue weighted by molar-refractivity contribution is 0.00578. The van der Waals surface area contributed by atoms with E-state index in [1.807, 2.05) is 0 Å². The van der Waals surface area contributed by atoms with Crippen molar-refractivity contribution in [2.45, 2.75) is 57.2 Å². The van der Waals surface area contributed by atoms with Gasteiger partial charge < -0.3 is 9.31 Å². The van der Waals surface area contributed by atoms with Crippen LogP contribution in [0.1, 0.15) is 51.7 Å². The van der Waals surface area contributed by atoms with Crippen LogP contribution in [0.5, 0.6) is 0 Å². The van der Waals surface area contributed by atoms with Gasteiger partial charge in [-0.05, 0) is 68.3 Å². The Hall–Kier alpha value is -1.58. The second-order valence-electron chi connectivity index (χ2n) is 8.49. The summed E-state index contributed by atoms with van der Waals surface area (Å²) in [7, 11) is -0.281. The Bertz CT molecular complexity index is 833. The molecule has 2 fully saturated rings. The van der Waals surface area contributed by atoms with E-state index in [2.05, 4.69) is 70.2 Å². The quantitative estimate of drug-likeness (QED) is 0.739. The summed E-state index contributed by atoms with van der Waals surface area (Å²) in [5, 5.41) is 0. The van der Waals surface area contributed by atoms with E-state index >= 15 is 0 Å². The summed E-state index contributed by atoms with van der Waals surface area (Å²) < 4.78 is 12.7. The average Bonchev–Trinajstić information content (AvgIpc) is 3.23. The minimum Gasteiger partial charge on any atom is -0.399 e. The van der Waals surface area contributed by atoms with Crippen molar-refractivity contribution in [1.29, 1.82) is 0 Å². The number of rotatable bonds is 1. The van der Waals surface area contributed by atoms with Gasteiger partial charge in [-0.2, -0.15) is 0 Å². The predicted octanol–water partition coefficient (Wildman–Crippen LogP) is 4.05. The summed E-state index contributed by atoms with van der Waals surface area (Å²) in [6, 6.07) is 15.5. The minimum absolute atomic E-state index is 0.201. The second kappa shape index (κ2) is 4.33. The molecule has 1 saturated heterocycles. The van der Waals surface area contributed by atoms with Crippen molar-refractivity contribution in [2.24, 2.45) is 0 Å². The first-order valence-corrected chi connectivity index (χ1v) is 8.95. The van der Waals surface area contributed by atoms with Crippen LogP contribution in [0.2, 0.25) is 0 Å². The molecule has 2 nitrogen and oxygen atoms in total. The summed E-state index contributed by atoms with van der Waals surface area (Å²) in [6.07, 6.45) is 2.46. The minimum atomic E-state index is -0.303. The predicted molar refractivity (Wildman–Crippen MR) is 97.6 cm³/mol. The van der Waals surface area contributed by atoms with E-state index in [1.165, 1.54) is 40.6 Å². The zero-order chi connectivity index (χ0) is 16.7. The molecule has 0 bridgehead atoms. The first kappa shape index (κ1) is 14.7. The SMILES string of the molecule is CC1(C)OB(c2cccc3c2C2(CC2)c2ccccc2-3)OC1(C)C. The molecule has 1 heterocycles. The lowest BCUT2D eigenvalue weighted by Crippen LogP contribution is -2.41. The highest BCUT2D eigenvalue weighted by atomic mass is 16.7. The van der Waals surface area contributed by atoms with Crippen molar-refractivity contribution in [3.05, 3.63) is 53.6 Å². The van der Waals surface area contributed by atoms with Crippen LogP contribution < -0.4 is 5.46 Å². The Morgan fingerprint density at radius 3 is 2.08 bits per heavy atom. The molecule has 0 radical (unpaired) electrons. The maximum Gasteiger partial charge on any atom is 0.495 e. The molecule has 1 saturated carbocycles. The van der Waals surface area contributed by atoms with Crippen LogP contribution in [0.3, 0.4) is 0 Å². The zero-order valence-corrected chi connectivity index (χ0v) is 14.8. The Labute approximate surface area is 144 Å². The standard InChI is InChI=1S/C21H23BO2/c1-19(2)20(3,4)24-22(23-19)17-11-7-9-15-14-8-5-6-10-16(14)21(12-13-21)18(15)17/h5-11H,12-13H2,1-4H3. The molecule has 0 amide bonds. The van der Waals surface area contributed by atoms with Crippen molar-refractivity contribution >= 4 is 12.6 Å². The number of hydrogen-bond donors (Lipinski definition) is 0. The molecule has 0 aromatic heterocycles. The molecule has 122 valence electrons. The van der Waals surface area contributed by atoms with Crippen LogP contribution in [-0.2, 0) is 14.7 Å². The van der Waals surface area contributed by atoms with Gasteiger partial charge in [0.25, 0.3) is 0 Å². The van der Waals surface area contributed by atoms with E-state index < -0.39 is 0 Å². The molecule has 2 aromatic rings. The van der Waals surface area contributed by atoms with Gasteiger partial charge in [-0.25, -0.2) is 0 Å². The summed E-state index contributed by atoms with van der Waals surface area (Å²) >= 11 is 0. The van der Waals surface area contributed by atoms with Crippen LogP contribution in [-0.4, -0.2) is 18.3 Å². The topological polar surface area (TPSA) is 18.5 Å². The van der Waals surface area contributed by atoms with E-state index in [-0.39, 0.29) is 23.7 Å². The Kier molecular flexibility index (Phi) is 2.66. The maximum atomic E-state index is 6.37. The first-order chi connectivity index (χ1) is 11.4. The molecule has 2 aromatic carbocycles. The molecule has 5 rings (SSSR count). The number of benzene rings is 2. The molecule has 1 spiro atoms. The molecular formula is C21H23BO2. The fourth-order valence-electron chi connectivity index (χ4n) is 4.41. The molecule has 24 heavy (non-hydrogen) atoms. The summed E-state index contributed by atoms with van der Waals surface area (Å²) in [5.74, 6) is 0. The highest BCUT2D eigenvalue weighted by Gasteiger charge is 2.57. The smallest absolute Gasteiger partial charge is 0.399 e. The van der Waals surface area contributed by atoms with Crippen LogP contribution in [0.15, 0.2) is 42.5 Å². The van der Waals surface area contributed by atoms with Crippen molar-refractivity contribution in [2.75, 3.05) is 0 Å². The molecule has 3 aliphatic rings. The third-order valence-electron chi connectivity index (χ3n) is 6.57. The summed E-state index contributed by atoms with van der Waals surface area (Å²) in [6.45, 7) is 8.49.